The molecule has 3 saturated carbocycles. The van der Waals surface area contributed by atoms with E-state index in [0.29, 0.717) is 46.7 Å². The van der Waals surface area contributed by atoms with Crippen molar-refractivity contribution in [2.75, 3.05) is 38.0 Å². The number of piperazine rings is 1. The predicted octanol–water partition coefficient (Wildman–Crippen LogP) is 5.00. The number of fused-ring (bicyclic) bond motifs is 2. The number of nitrogens with one attached hydrogen (secondary N) is 2. The molecule has 13 nitrogen and oxygen atoms in total. The maximum Gasteiger partial charge on any atom is 0.274 e. The van der Waals surface area contributed by atoms with Gasteiger partial charge in [-0.25, -0.2) is 18.1 Å². The molecule has 2 aliphatic heterocycles. The van der Waals surface area contributed by atoms with E-state index in [4.69, 9.17) is 11.7 Å². The summed E-state index contributed by atoms with van der Waals surface area (Å²) in [6, 6.07) is 11.4. The Morgan fingerprint density at radius 1 is 1.05 bits per heavy atom. The van der Waals surface area contributed by atoms with Crippen LogP contribution < -0.4 is 10.6 Å². The standard InChI is InChI=1S/C41H41F2N9O4/c1-39(2,56)29-18-32-25(16-33(29)46-38(55)34-6-4-27-17-26(44-3)19-45-52(27)34)20-51(48-32)41-21-40(22-41,23-41)50-12-10-49(11-13-50)9-8-24-14-30(42)36(31(43)15-24)28-5-7-35(53)47-37(28)54/h4,6,14-20,28,56H,5,7-13,21-23H2,1-2H3,(H,46,55)(H,47,53,54)/t28-,40?,41?/m1/s1. The average molecular weight is 762 g/mol. The molecule has 10 rings (SSSR count). The fraction of sp³-hybridized carbons (Fsp3) is 0.415. The van der Waals surface area contributed by atoms with Crippen molar-refractivity contribution in [3.8, 4) is 0 Å². The number of aliphatic hydroxyl groups is 1. The SMILES string of the molecule is [C-]#[N+]c1cnn2c(C(=O)Nc3cc4cn(C56CC(N7CCN(CCc8cc(F)c([C@H]9CCC(=O)NC9=O)c(F)c8)CC7)(C5)C6)nc4cc3C(C)(C)O)ccc2c1. The highest BCUT2D eigenvalue weighted by atomic mass is 19.1. The van der Waals surface area contributed by atoms with Gasteiger partial charge >= 0.3 is 0 Å². The predicted molar refractivity (Wildman–Crippen MR) is 202 cm³/mol. The Balaban J connectivity index is 0.826. The lowest BCUT2D eigenvalue weighted by molar-refractivity contribution is -0.217. The second kappa shape index (κ2) is 13.0. The molecule has 5 fully saturated rings. The normalized spacial score (nSPS) is 24.1. The summed E-state index contributed by atoms with van der Waals surface area (Å²) in [7, 11) is 0. The zero-order valence-electron chi connectivity index (χ0n) is 31.1. The van der Waals surface area contributed by atoms with Gasteiger partial charge in [-0.1, -0.05) is 0 Å². The molecule has 3 aromatic heterocycles. The molecule has 5 aliphatic rings. The van der Waals surface area contributed by atoms with E-state index in [1.165, 1.54) is 22.8 Å². The first-order valence-electron chi connectivity index (χ1n) is 19.0. The molecule has 0 unspecified atom stereocenters. The fourth-order valence-electron chi connectivity index (χ4n) is 9.41. The molecule has 0 radical (unpaired) electrons. The molecule has 56 heavy (non-hydrogen) atoms. The summed E-state index contributed by atoms with van der Waals surface area (Å²) in [5.41, 5.74) is 2.13. The minimum absolute atomic E-state index is 0.0562. The van der Waals surface area contributed by atoms with Crippen LogP contribution in [0.2, 0.25) is 0 Å². The summed E-state index contributed by atoms with van der Waals surface area (Å²) in [6.07, 6.45) is 7.03. The smallest absolute Gasteiger partial charge is 0.274 e. The summed E-state index contributed by atoms with van der Waals surface area (Å²) < 4.78 is 33.7. The highest BCUT2D eigenvalue weighted by Crippen LogP contribution is 2.68. The van der Waals surface area contributed by atoms with Crippen LogP contribution in [0.3, 0.4) is 0 Å². The van der Waals surface area contributed by atoms with Gasteiger partial charge in [0, 0.05) is 73.1 Å². The van der Waals surface area contributed by atoms with Crippen molar-refractivity contribution >= 4 is 45.5 Å². The molecule has 0 spiro atoms. The number of aromatic nitrogens is 4. The third kappa shape index (κ3) is 6.03. The largest absolute Gasteiger partial charge is 0.386 e. The topological polar surface area (TPSA) is 141 Å². The van der Waals surface area contributed by atoms with Crippen LogP contribution in [0.4, 0.5) is 20.2 Å². The summed E-state index contributed by atoms with van der Waals surface area (Å²) in [5.74, 6) is -3.97. The number of rotatable bonds is 9. The van der Waals surface area contributed by atoms with Crippen LogP contribution in [0.15, 0.2) is 54.9 Å². The summed E-state index contributed by atoms with van der Waals surface area (Å²) in [6.45, 7) is 14.8. The highest BCUT2D eigenvalue weighted by molar-refractivity contribution is 6.05. The first kappa shape index (κ1) is 36.1. The molecule has 3 N–H and O–H groups in total. The van der Waals surface area contributed by atoms with Crippen molar-refractivity contribution in [2.45, 2.75) is 75.0 Å². The molecular weight excluding hydrogens is 721 g/mol. The number of carbonyl (C=O) groups is 3. The number of benzene rings is 2. The van der Waals surface area contributed by atoms with Gasteiger partial charge in [0.15, 0.2) is 0 Å². The molecule has 2 bridgehead atoms. The van der Waals surface area contributed by atoms with E-state index in [1.807, 2.05) is 18.3 Å². The average Bonchev–Trinajstić information content (AvgIpc) is 3.74. The molecule has 3 amide bonds. The molecule has 1 atom stereocenters. The Morgan fingerprint density at radius 2 is 1.79 bits per heavy atom. The van der Waals surface area contributed by atoms with Crippen LogP contribution >= 0.6 is 0 Å². The van der Waals surface area contributed by atoms with Crippen LogP contribution in [0.1, 0.15) is 79.0 Å². The number of amides is 3. The Hall–Kier alpha value is -5.56. The lowest BCUT2D eigenvalue weighted by Crippen LogP contribution is -2.80. The minimum atomic E-state index is -1.26. The molecule has 5 aromatic rings. The number of piperidine rings is 1. The van der Waals surface area contributed by atoms with Crippen molar-refractivity contribution in [3.63, 3.8) is 0 Å². The third-order valence-corrected chi connectivity index (χ3v) is 12.3. The number of nitrogens with zero attached hydrogens (tertiary/aromatic N) is 7. The van der Waals surface area contributed by atoms with Gasteiger partial charge in [0.1, 0.15) is 17.3 Å². The third-order valence-electron chi connectivity index (χ3n) is 12.3. The van der Waals surface area contributed by atoms with E-state index in [9.17, 15) is 19.5 Å². The van der Waals surface area contributed by atoms with Crippen LogP contribution in [0.5, 0.6) is 0 Å². The quantitative estimate of drug-likeness (QED) is 0.141. The van der Waals surface area contributed by atoms with Gasteiger partial charge in [-0.3, -0.25) is 29.3 Å². The number of hydrogen-bond acceptors (Lipinski definition) is 8. The number of anilines is 1. The summed E-state index contributed by atoms with van der Waals surface area (Å²) in [5, 5.41) is 26.4. The van der Waals surface area contributed by atoms with Gasteiger partial charge in [0.2, 0.25) is 17.5 Å². The molecule has 2 aromatic carbocycles. The van der Waals surface area contributed by atoms with Gasteiger partial charge in [-0.05, 0) is 94.0 Å². The van der Waals surface area contributed by atoms with E-state index >= 15 is 8.78 Å². The molecular formula is C41H41F2N9O4. The maximum absolute atomic E-state index is 15.1. The first-order chi connectivity index (χ1) is 26.7. The van der Waals surface area contributed by atoms with E-state index in [0.717, 1.165) is 56.3 Å². The molecule has 5 heterocycles. The lowest BCUT2D eigenvalue weighted by Gasteiger charge is -2.74. The molecule has 3 aliphatic carbocycles. The monoisotopic (exact) mass is 761 g/mol. The van der Waals surface area contributed by atoms with Gasteiger partial charge in [0.05, 0.1) is 40.9 Å². The van der Waals surface area contributed by atoms with Gasteiger partial charge in [0.25, 0.3) is 5.91 Å². The molecule has 15 heteroatoms. The number of imide groups is 1. The number of hydrogen-bond donors (Lipinski definition) is 3. The van der Waals surface area contributed by atoms with Crippen LogP contribution in [0, 0.1) is 18.2 Å². The first-order valence-corrected chi connectivity index (χ1v) is 19.0. The van der Waals surface area contributed by atoms with Crippen molar-refractivity contribution in [1.29, 1.82) is 0 Å². The lowest BCUT2D eigenvalue weighted by atomic mass is 9.43. The van der Waals surface area contributed by atoms with E-state index in [1.54, 1.807) is 32.0 Å². The number of carbonyl (C=O) groups excluding carboxylic acids is 3. The van der Waals surface area contributed by atoms with Crippen molar-refractivity contribution in [3.05, 3.63) is 100 Å². The van der Waals surface area contributed by atoms with Crippen molar-refractivity contribution in [2.24, 2.45) is 0 Å². The summed E-state index contributed by atoms with van der Waals surface area (Å²) in [4.78, 5) is 45.5. The van der Waals surface area contributed by atoms with E-state index < -0.39 is 40.9 Å². The fourth-order valence-corrected chi connectivity index (χ4v) is 9.41. The van der Waals surface area contributed by atoms with Gasteiger partial charge < -0.3 is 15.3 Å². The Bertz CT molecular complexity index is 2460. The van der Waals surface area contributed by atoms with Gasteiger partial charge in [-0.2, -0.15) is 10.2 Å². The van der Waals surface area contributed by atoms with Crippen molar-refractivity contribution < 1.29 is 28.3 Å². The molecule has 288 valence electrons. The Labute approximate surface area is 321 Å². The second-order valence-corrected chi connectivity index (χ2v) is 16.5. The number of halogens is 2. The van der Waals surface area contributed by atoms with Crippen LogP contribution in [0.25, 0.3) is 21.3 Å². The van der Waals surface area contributed by atoms with E-state index in [-0.39, 0.29) is 29.5 Å². The van der Waals surface area contributed by atoms with E-state index in [2.05, 4.69) is 35.1 Å². The molecule has 2 saturated heterocycles. The summed E-state index contributed by atoms with van der Waals surface area (Å²) >= 11 is 0. The minimum Gasteiger partial charge on any atom is -0.386 e. The zero-order valence-corrected chi connectivity index (χ0v) is 31.1. The zero-order chi connectivity index (χ0) is 39.1. The van der Waals surface area contributed by atoms with Gasteiger partial charge in [-0.15, -0.1) is 0 Å². The van der Waals surface area contributed by atoms with Crippen molar-refractivity contribution in [1.82, 2.24) is 34.5 Å². The Morgan fingerprint density at radius 3 is 2.46 bits per heavy atom. The Kier molecular flexibility index (Phi) is 8.38. The van der Waals surface area contributed by atoms with Crippen LogP contribution in [-0.4, -0.2) is 90.3 Å². The second-order valence-electron chi connectivity index (χ2n) is 16.5. The highest BCUT2D eigenvalue weighted by Gasteiger charge is 2.71. The van der Waals surface area contributed by atoms with Crippen LogP contribution in [-0.2, 0) is 27.1 Å². The maximum atomic E-state index is 15.1.